The van der Waals surface area contributed by atoms with E-state index in [4.69, 9.17) is 4.74 Å². The molecule has 2 aliphatic rings. The first-order valence-electron chi connectivity index (χ1n) is 7.48. The van der Waals surface area contributed by atoms with Gasteiger partial charge in [-0.05, 0) is 6.92 Å². The zero-order valence-electron chi connectivity index (χ0n) is 12.4. The Morgan fingerprint density at radius 1 is 1.38 bits per heavy atom. The minimum Gasteiger partial charge on any atom is -0.375 e. The molecule has 1 aromatic rings. The number of rotatable bonds is 3. The average Bonchev–Trinajstić information content (AvgIpc) is 3.02. The number of morpholine rings is 1. The van der Waals surface area contributed by atoms with Crippen molar-refractivity contribution >= 4 is 22.4 Å². The molecule has 2 aliphatic heterocycles. The number of carbonyl (C=O) groups is 1. The van der Waals surface area contributed by atoms with Gasteiger partial charge in [0.2, 0.25) is 5.91 Å². The molecule has 0 bridgehead atoms. The third-order valence-corrected chi connectivity index (χ3v) is 4.85. The minimum atomic E-state index is 0.157. The van der Waals surface area contributed by atoms with Crippen molar-refractivity contribution in [2.45, 2.75) is 13.0 Å². The summed E-state index contributed by atoms with van der Waals surface area (Å²) in [7, 11) is 0. The smallest absolute Gasteiger partial charge is 0.236 e. The van der Waals surface area contributed by atoms with Gasteiger partial charge in [-0.15, -0.1) is 11.3 Å². The maximum atomic E-state index is 12.3. The highest BCUT2D eigenvalue weighted by molar-refractivity contribution is 7.13. The Labute approximate surface area is 129 Å². The monoisotopic (exact) mass is 310 g/mol. The molecule has 21 heavy (non-hydrogen) atoms. The molecule has 3 heterocycles. The highest BCUT2D eigenvalue weighted by Gasteiger charge is 2.25. The van der Waals surface area contributed by atoms with Gasteiger partial charge >= 0.3 is 0 Å². The quantitative estimate of drug-likeness (QED) is 0.814. The molecule has 0 radical (unpaired) electrons. The molecule has 1 aromatic heterocycles. The van der Waals surface area contributed by atoms with E-state index in [0.29, 0.717) is 13.2 Å². The van der Waals surface area contributed by atoms with Crippen LogP contribution in [0.1, 0.15) is 6.92 Å². The summed E-state index contributed by atoms with van der Waals surface area (Å²) in [6.07, 6.45) is 2.00. The van der Waals surface area contributed by atoms with E-state index in [1.165, 1.54) is 0 Å². The van der Waals surface area contributed by atoms with Gasteiger partial charge < -0.3 is 14.5 Å². The molecule has 0 N–H and O–H groups in total. The Morgan fingerprint density at radius 2 is 2.19 bits per heavy atom. The summed E-state index contributed by atoms with van der Waals surface area (Å²) in [4.78, 5) is 23.1. The van der Waals surface area contributed by atoms with Crippen LogP contribution in [0.4, 0.5) is 5.13 Å². The number of amides is 1. The number of hydrogen-bond acceptors (Lipinski definition) is 6. The molecular formula is C14H22N4O2S. The fourth-order valence-corrected chi connectivity index (χ4v) is 3.50. The van der Waals surface area contributed by atoms with Crippen molar-refractivity contribution in [2.75, 3.05) is 57.3 Å². The van der Waals surface area contributed by atoms with E-state index in [9.17, 15) is 4.79 Å². The lowest BCUT2D eigenvalue weighted by molar-refractivity contribution is -0.139. The Bertz CT molecular complexity index is 460. The van der Waals surface area contributed by atoms with Gasteiger partial charge in [0, 0.05) is 50.8 Å². The van der Waals surface area contributed by atoms with Crippen LogP contribution in [0.2, 0.25) is 0 Å². The first-order chi connectivity index (χ1) is 10.2. The van der Waals surface area contributed by atoms with Crippen LogP contribution in [0, 0.1) is 0 Å². The molecule has 0 aromatic carbocycles. The van der Waals surface area contributed by atoms with E-state index in [2.05, 4.69) is 14.8 Å². The fraction of sp³-hybridized carbons (Fsp3) is 0.714. The van der Waals surface area contributed by atoms with Crippen LogP contribution in [-0.2, 0) is 9.53 Å². The van der Waals surface area contributed by atoms with Crippen molar-refractivity contribution in [1.29, 1.82) is 0 Å². The van der Waals surface area contributed by atoms with E-state index < -0.39 is 0 Å². The molecule has 0 spiro atoms. The van der Waals surface area contributed by atoms with Gasteiger partial charge in [-0.25, -0.2) is 4.98 Å². The Hall–Kier alpha value is -1.18. The normalized spacial score (nSPS) is 24.3. The van der Waals surface area contributed by atoms with Gasteiger partial charge in [-0.1, -0.05) is 0 Å². The molecule has 116 valence electrons. The van der Waals surface area contributed by atoms with Crippen LogP contribution in [0.3, 0.4) is 0 Å². The molecule has 6 nitrogen and oxygen atoms in total. The summed E-state index contributed by atoms with van der Waals surface area (Å²) in [5, 5.41) is 3.09. The van der Waals surface area contributed by atoms with Gasteiger partial charge in [-0.2, -0.15) is 0 Å². The fourth-order valence-electron chi connectivity index (χ4n) is 2.81. The third-order valence-electron chi connectivity index (χ3n) is 4.01. The van der Waals surface area contributed by atoms with Gasteiger partial charge in [0.1, 0.15) is 0 Å². The number of nitrogens with zero attached hydrogens (tertiary/aromatic N) is 4. The lowest BCUT2D eigenvalue weighted by Crippen LogP contribution is -2.52. The Balaban J connectivity index is 1.45. The molecule has 1 unspecified atom stereocenters. The number of ether oxygens (including phenoxy) is 1. The van der Waals surface area contributed by atoms with E-state index in [1.807, 2.05) is 23.4 Å². The van der Waals surface area contributed by atoms with Crippen LogP contribution in [-0.4, -0.2) is 79.2 Å². The second-order valence-corrected chi connectivity index (χ2v) is 6.47. The van der Waals surface area contributed by atoms with Crippen LogP contribution < -0.4 is 4.90 Å². The highest BCUT2D eigenvalue weighted by Crippen LogP contribution is 2.18. The van der Waals surface area contributed by atoms with Crippen molar-refractivity contribution in [3.05, 3.63) is 11.6 Å². The molecular weight excluding hydrogens is 288 g/mol. The van der Waals surface area contributed by atoms with Crippen molar-refractivity contribution in [3.63, 3.8) is 0 Å². The number of aromatic nitrogens is 1. The molecule has 2 saturated heterocycles. The highest BCUT2D eigenvalue weighted by atomic mass is 32.1. The lowest BCUT2D eigenvalue weighted by atomic mass is 10.2. The molecule has 0 aliphatic carbocycles. The van der Waals surface area contributed by atoms with E-state index in [-0.39, 0.29) is 12.0 Å². The summed E-state index contributed by atoms with van der Waals surface area (Å²) in [5.74, 6) is 0.229. The van der Waals surface area contributed by atoms with Gasteiger partial charge in [-0.3, -0.25) is 9.69 Å². The molecule has 0 saturated carbocycles. The molecule has 3 rings (SSSR count). The third kappa shape index (κ3) is 3.72. The molecule has 2 fully saturated rings. The topological polar surface area (TPSA) is 48.9 Å². The summed E-state index contributed by atoms with van der Waals surface area (Å²) in [6, 6.07) is 0. The zero-order valence-corrected chi connectivity index (χ0v) is 13.2. The molecule has 1 atom stereocenters. The summed E-state index contributed by atoms with van der Waals surface area (Å²) >= 11 is 1.67. The van der Waals surface area contributed by atoms with Gasteiger partial charge in [0.25, 0.3) is 0 Å². The van der Waals surface area contributed by atoms with Gasteiger partial charge in [0.05, 0.1) is 19.3 Å². The van der Waals surface area contributed by atoms with E-state index in [1.54, 1.807) is 11.3 Å². The maximum Gasteiger partial charge on any atom is 0.236 e. The number of piperazine rings is 1. The summed E-state index contributed by atoms with van der Waals surface area (Å²) < 4.78 is 5.48. The SMILES string of the molecule is CC1CN(C(=O)CN2CCN(c3nccs3)CC2)CCO1. The number of hydrogen-bond donors (Lipinski definition) is 0. The number of anilines is 1. The summed E-state index contributed by atoms with van der Waals surface area (Å²) in [5.41, 5.74) is 0. The second kappa shape index (κ2) is 6.72. The van der Waals surface area contributed by atoms with Crippen molar-refractivity contribution in [2.24, 2.45) is 0 Å². The van der Waals surface area contributed by atoms with E-state index >= 15 is 0 Å². The predicted molar refractivity (Wildman–Crippen MR) is 82.8 cm³/mol. The first-order valence-corrected chi connectivity index (χ1v) is 8.36. The number of carbonyl (C=O) groups excluding carboxylic acids is 1. The lowest BCUT2D eigenvalue weighted by Gasteiger charge is -2.36. The maximum absolute atomic E-state index is 12.3. The van der Waals surface area contributed by atoms with Crippen LogP contribution >= 0.6 is 11.3 Å². The number of thiazole rings is 1. The zero-order chi connectivity index (χ0) is 14.7. The van der Waals surface area contributed by atoms with Crippen LogP contribution in [0.15, 0.2) is 11.6 Å². The van der Waals surface area contributed by atoms with Crippen LogP contribution in [0.25, 0.3) is 0 Å². The second-order valence-electron chi connectivity index (χ2n) is 5.60. The molecule has 7 heteroatoms. The molecule has 1 amide bonds. The van der Waals surface area contributed by atoms with Crippen molar-refractivity contribution in [3.8, 4) is 0 Å². The largest absolute Gasteiger partial charge is 0.375 e. The Morgan fingerprint density at radius 3 is 2.86 bits per heavy atom. The first kappa shape index (κ1) is 14.7. The average molecular weight is 310 g/mol. The van der Waals surface area contributed by atoms with E-state index in [0.717, 1.165) is 44.4 Å². The minimum absolute atomic E-state index is 0.157. The van der Waals surface area contributed by atoms with Gasteiger partial charge in [0.15, 0.2) is 5.13 Å². The van der Waals surface area contributed by atoms with Crippen LogP contribution in [0.5, 0.6) is 0 Å². The predicted octanol–water partition coefficient (Wildman–Crippen LogP) is 0.512. The van der Waals surface area contributed by atoms with Crippen molar-refractivity contribution < 1.29 is 9.53 Å². The summed E-state index contributed by atoms with van der Waals surface area (Å²) in [6.45, 7) is 8.38. The standard InChI is InChI=1S/C14H22N4O2S/c1-12-10-18(7-8-20-12)13(19)11-16-3-5-17(6-4-16)14-15-2-9-21-14/h2,9,12H,3-8,10-11H2,1H3. The Kier molecular flexibility index (Phi) is 4.72. The van der Waals surface area contributed by atoms with Crippen molar-refractivity contribution in [1.82, 2.24) is 14.8 Å².